The van der Waals surface area contributed by atoms with Crippen molar-refractivity contribution in [3.05, 3.63) is 35.4 Å². The van der Waals surface area contributed by atoms with E-state index in [-0.39, 0.29) is 11.3 Å². The molecule has 0 aromatic heterocycles. The van der Waals surface area contributed by atoms with Crippen LogP contribution in [-0.4, -0.2) is 25.0 Å². The predicted octanol–water partition coefficient (Wildman–Crippen LogP) is 1.26. The van der Waals surface area contributed by atoms with E-state index in [0.29, 0.717) is 17.7 Å². The monoisotopic (exact) mass is 250 g/mol. The van der Waals surface area contributed by atoms with Crippen molar-refractivity contribution < 1.29 is 14.0 Å². The van der Waals surface area contributed by atoms with E-state index < -0.39 is 12.6 Å². The molecule has 0 bridgehead atoms. The molecular formula is C13H15FN2O2. The lowest BCUT2D eigenvalue weighted by molar-refractivity contribution is 0.0939. The maximum absolute atomic E-state index is 12.6. The molecule has 0 unspecified atom stereocenters. The molecule has 18 heavy (non-hydrogen) atoms. The van der Waals surface area contributed by atoms with Crippen LogP contribution in [0.2, 0.25) is 0 Å². The number of nitrogens with one attached hydrogen (secondary N) is 1. The first kappa shape index (κ1) is 12.5. The molecule has 0 aliphatic heterocycles. The molecule has 1 aliphatic carbocycles. The van der Waals surface area contributed by atoms with Gasteiger partial charge in [-0.05, 0) is 37.1 Å². The number of nitrogens with two attached hydrogens (primary N) is 1. The number of alkyl halides is 1. The van der Waals surface area contributed by atoms with Gasteiger partial charge in [-0.3, -0.25) is 14.0 Å². The zero-order valence-corrected chi connectivity index (χ0v) is 9.91. The third-order valence-electron chi connectivity index (χ3n) is 3.30. The Balaban J connectivity index is 1.94. The average Bonchev–Trinajstić information content (AvgIpc) is 3.17. The smallest absolute Gasteiger partial charge is 0.251 e. The van der Waals surface area contributed by atoms with Crippen LogP contribution in [0.1, 0.15) is 33.6 Å². The molecule has 1 fully saturated rings. The number of carbonyl (C=O) groups excluding carboxylic acids is 2. The van der Waals surface area contributed by atoms with Gasteiger partial charge in [-0.25, -0.2) is 0 Å². The van der Waals surface area contributed by atoms with Crippen molar-refractivity contribution in [2.24, 2.45) is 11.1 Å². The van der Waals surface area contributed by atoms with E-state index in [1.807, 2.05) is 0 Å². The van der Waals surface area contributed by atoms with Crippen LogP contribution in [0.5, 0.6) is 0 Å². The highest BCUT2D eigenvalue weighted by atomic mass is 19.1. The Kier molecular flexibility index (Phi) is 3.32. The molecule has 0 heterocycles. The van der Waals surface area contributed by atoms with E-state index in [9.17, 15) is 14.0 Å². The van der Waals surface area contributed by atoms with E-state index in [4.69, 9.17) is 5.73 Å². The fraction of sp³-hybridized carbons (Fsp3) is 0.385. The predicted molar refractivity (Wildman–Crippen MR) is 64.9 cm³/mol. The first-order valence-corrected chi connectivity index (χ1v) is 5.80. The standard InChI is InChI=1S/C13H15FN2O2/c14-7-13(5-6-13)8-16-12(18)10-3-1-9(2-4-10)11(15)17/h1-4H,5-8H2,(H2,15,17)(H,16,18). The largest absolute Gasteiger partial charge is 0.366 e. The minimum absolute atomic E-state index is 0.259. The average molecular weight is 250 g/mol. The van der Waals surface area contributed by atoms with Crippen molar-refractivity contribution in [2.75, 3.05) is 13.2 Å². The maximum Gasteiger partial charge on any atom is 0.251 e. The van der Waals surface area contributed by atoms with Crippen molar-refractivity contribution in [2.45, 2.75) is 12.8 Å². The van der Waals surface area contributed by atoms with E-state index >= 15 is 0 Å². The first-order chi connectivity index (χ1) is 8.56. The number of amides is 2. The van der Waals surface area contributed by atoms with Crippen LogP contribution < -0.4 is 11.1 Å². The number of hydrogen-bond acceptors (Lipinski definition) is 2. The summed E-state index contributed by atoms with van der Waals surface area (Å²) < 4.78 is 12.6. The van der Waals surface area contributed by atoms with Crippen LogP contribution in [0.4, 0.5) is 4.39 Å². The molecule has 0 atom stereocenters. The molecule has 2 amide bonds. The van der Waals surface area contributed by atoms with Gasteiger partial charge in [-0.1, -0.05) is 0 Å². The van der Waals surface area contributed by atoms with Gasteiger partial charge in [0, 0.05) is 23.1 Å². The second kappa shape index (κ2) is 4.76. The lowest BCUT2D eigenvalue weighted by Gasteiger charge is -2.11. The summed E-state index contributed by atoms with van der Waals surface area (Å²) in [4.78, 5) is 22.6. The molecule has 1 aromatic rings. The van der Waals surface area contributed by atoms with Gasteiger partial charge in [-0.15, -0.1) is 0 Å². The minimum Gasteiger partial charge on any atom is -0.366 e. The summed E-state index contributed by atoms with van der Waals surface area (Å²) in [5, 5.41) is 2.71. The molecule has 2 rings (SSSR count). The zero-order valence-electron chi connectivity index (χ0n) is 9.91. The number of carbonyl (C=O) groups is 2. The molecule has 96 valence electrons. The minimum atomic E-state index is -0.531. The lowest BCUT2D eigenvalue weighted by Crippen LogP contribution is -2.31. The second-order valence-electron chi connectivity index (χ2n) is 4.76. The number of rotatable bonds is 5. The number of primary amides is 1. The van der Waals surface area contributed by atoms with Gasteiger partial charge in [0.1, 0.15) is 0 Å². The Labute approximate surface area is 104 Å². The number of halogens is 1. The highest BCUT2D eigenvalue weighted by Crippen LogP contribution is 2.45. The lowest BCUT2D eigenvalue weighted by atomic mass is 10.1. The number of hydrogen-bond donors (Lipinski definition) is 2. The van der Waals surface area contributed by atoms with Gasteiger partial charge in [0.25, 0.3) is 5.91 Å². The third kappa shape index (κ3) is 2.67. The molecule has 3 N–H and O–H groups in total. The SMILES string of the molecule is NC(=O)c1ccc(C(=O)NCC2(CF)CC2)cc1. The maximum atomic E-state index is 12.6. The summed E-state index contributed by atoms with van der Waals surface area (Å²) in [5.41, 5.74) is 5.57. The molecular weight excluding hydrogens is 235 g/mol. The van der Waals surface area contributed by atoms with Crippen molar-refractivity contribution in [1.82, 2.24) is 5.32 Å². The van der Waals surface area contributed by atoms with Gasteiger partial charge in [0.15, 0.2) is 0 Å². The van der Waals surface area contributed by atoms with Crippen LogP contribution >= 0.6 is 0 Å². The quantitative estimate of drug-likeness (QED) is 0.825. The Morgan fingerprint density at radius 2 is 1.78 bits per heavy atom. The summed E-state index contributed by atoms with van der Waals surface area (Å²) in [6.07, 6.45) is 1.65. The van der Waals surface area contributed by atoms with Crippen molar-refractivity contribution in [3.63, 3.8) is 0 Å². The summed E-state index contributed by atoms with van der Waals surface area (Å²) in [7, 11) is 0. The van der Waals surface area contributed by atoms with Crippen LogP contribution in [0, 0.1) is 5.41 Å². The third-order valence-corrected chi connectivity index (χ3v) is 3.30. The molecule has 5 heteroatoms. The van der Waals surface area contributed by atoms with E-state index in [1.54, 1.807) is 0 Å². The van der Waals surface area contributed by atoms with Gasteiger partial charge in [0.05, 0.1) is 6.67 Å². The first-order valence-electron chi connectivity index (χ1n) is 5.80. The fourth-order valence-corrected chi connectivity index (χ4v) is 1.69. The van der Waals surface area contributed by atoms with Gasteiger partial charge in [-0.2, -0.15) is 0 Å². The number of benzene rings is 1. The normalized spacial score (nSPS) is 16.1. The van der Waals surface area contributed by atoms with Crippen LogP contribution in [-0.2, 0) is 0 Å². The van der Waals surface area contributed by atoms with Crippen LogP contribution in [0.25, 0.3) is 0 Å². The van der Waals surface area contributed by atoms with Gasteiger partial charge in [0.2, 0.25) is 5.91 Å². The Hall–Kier alpha value is -1.91. The molecule has 0 radical (unpaired) electrons. The van der Waals surface area contributed by atoms with E-state index in [2.05, 4.69) is 5.32 Å². The molecule has 1 aliphatic rings. The van der Waals surface area contributed by atoms with Crippen LogP contribution in [0.15, 0.2) is 24.3 Å². The molecule has 4 nitrogen and oxygen atoms in total. The molecule has 0 saturated heterocycles. The molecule has 1 aromatic carbocycles. The summed E-state index contributed by atoms with van der Waals surface area (Å²) in [5.74, 6) is -0.790. The van der Waals surface area contributed by atoms with Gasteiger partial charge >= 0.3 is 0 Å². The Bertz CT molecular complexity index is 466. The summed E-state index contributed by atoms with van der Waals surface area (Å²) in [6, 6.07) is 6.06. The Morgan fingerprint density at radius 3 is 2.22 bits per heavy atom. The highest BCUT2D eigenvalue weighted by Gasteiger charge is 2.42. The van der Waals surface area contributed by atoms with E-state index in [0.717, 1.165) is 12.8 Å². The van der Waals surface area contributed by atoms with Crippen molar-refractivity contribution in [1.29, 1.82) is 0 Å². The van der Waals surface area contributed by atoms with E-state index in [1.165, 1.54) is 24.3 Å². The summed E-state index contributed by atoms with van der Waals surface area (Å²) >= 11 is 0. The molecule has 0 spiro atoms. The second-order valence-corrected chi connectivity index (χ2v) is 4.76. The highest BCUT2D eigenvalue weighted by molar-refractivity contribution is 5.97. The fourth-order valence-electron chi connectivity index (χ4n) is 1.69. The topological polar surface area (TPSA) is 72.2 Å². The van der Waals surface area contributed by atoms with Crippen molar-refractivity contribution in [3.8, 4) is 0 Å². The molecule has 1 saturated carbocycles. The summed E-state index contributed by atoms with van der Waals surface area (Å²) in [6.45, 7) is -0.0339. The van der Waals surface area contributed by atoms with Crippen molar-refractivity contribution >= 4 is 11.8 Å². The zero-order chi connectivity index (χ0) is 13.2. The Morgan fingerprint density at radius 1 is 1.22 bits per heavy atom. The van der Waals surface area contributed by atoms with Crippen LogP contribution in [0.3, 0.4) is 0 Å². The van der Waals surface area contributed by atoms with Gasteiger partial charge < -0.3 is 11.1 Å².